The van der Waals surface area contributed by atoms with Gasteiger partial charge in [0.25, 0.3) is 0 Å². The van der Waals surface area contributed by atoms with E-state index in [2.05, 4.69) is 13.8 Å². The van der Waals surface area contributed by atoms with Crippen LogP contribution in [0.3, 0.4) is 0 Å². The van der Waals surface area contributed by atoms with Crippen LogP contribution < -0.4 is 5.73 Å². The van der Waals surface area contributed by atoms with Crippen molar-refractivity contribution in [2.75, 3.05) is 0 Å². The Morgan fingerprint density at radius 3 is 2.60 bits per heavy atom. The molecule has 2 saturated carbocycles. The molecule has 3 N–H and O–H groups in total. The molecule has 0 radical (unpaired) electrons. The number of carboxylic acids is 1. The molecule has 0 aliphatic heterocycles. The Morgan fingerprint density at radius 1 is 1.53 bits per heavy atom. The first-order chi connectivity index (χ1) is 6.90. The molecule has 0 aromatic carbocycles. The quantitative estimate of drug-likeness (QED) is 0.750. The number of nitrogens with two attached hydrogens (primary N) is 1. The molecule has 0 heterocycles. The predicted molar refractivity (Wildman–Crippen MR) is 58.4 cm³/mol. The topological polar surface area (TPSA) is 63.3 Å². The van der Waals surface area contributed by atoms with E-state index in [4.69, 9.17) is 10.8 Å². The van der Waals surface area contributed by atoms with Gasteiger partial charge in [-0.05, 0) is 42.4 Å². The molecule has 0 aromatic heterocycles. The Morgan fingerprint density at radius 2 is 2.20 bits per heavy atom. The fourth-order valence-corrected chi connectivity index (χ4v) is 3.95. The Kier molecular flexibility index (Phi) is 2.34. The molecule has 4 atom stereocenters. The van der Waals surface area contributed by atoms with Crippen LogP contribution in [-0.2, 0) is 4.79 Å². The standard InChI is InChI=1S/C12H21NO2/c1-11(6-4-10(14)15)8-3-5-12(11,2)9(13)7-8/h8-9H,3-7,13H2,1-2H3,(H,14,15)/t8-,9+,11-,12+/m1/s1. The highest BCUT2D eigenvalue weighted by Gasteiger charge is 2.62. The van der Waals surface area contributed by atoms with Gasteiger partial charge < -0.3 is 10.8 Å². The van der Waals surface area contributed by atoms with Crippen LogP contribution >= 0.6 is 0 Å². The summed E-state index contributed by atoms with van der Waals surface area (Å²) < 4.78 is 0. The molecular weight excluding hydrogens is 190 g/mol. The minimum Gasteiger partial charge on any atom is -0.481 e. The number of rotatable bonds is 3. The highest BCUT2D eigenvalue weighted by Crippen LogP contribution is 2.66. The van der Waals surface area contributed by atoms with Gasteiger partial charge in [-0.15, -0.1) is 0 Å². The molecular formula is C12H21NO2. The second kappa shape index (κ2) is 3.21. The van der Waals surface area contributed by atoms with Crippen molar-refractivity contribution >= 4 is 5.97 Å². The molecule has 0 spiro atoms. The Hall–Kier alpha value is -0.570. The van der Waals surface area contributed by atoms with E-state index in [-0.39, 0.29) is 23.3 Å². The molecule has 3 nitrogen and oxygen atoms in total. The van der Waals surface area contributed by atoms with E-state index in [9.17, 15) is 4.79 Å². The molecule has 86 valence electrons. The number of aliphatic carboxylic acids is 1. The van der Waals surface area contributed by atoms with Crippen molar-refractivity contribution in [3.05, 3.63) is 0 Å². The van der Waals surface area contributed by atoms with Crippen LogP contribution in [0.25, 0.3) is 0 Å². The smallest absolute Gasteiger partial charge is 0.303 e. The summed E-state index contributed by atoms with van der Waals surface area (Å²) in [7, 11) is 0. The van der Waals surface area contributed by atoms with Crippen molar-refractivity contribution in [1.82, 2.24) is 0 Å². The summed E-state index contributed by atoms with van der Waals surface area (Å²) in [5.41, 5.74) is 6.52. The lowest BCUT2D eigenvalue weighted by atomic mass is 9.65. The molecule has 2 aliphatic rings. The van der Waals surface area contributed by atoms with Gasteiger partial charge in [0.1, 0.15) is 0 Å². The van der Waals surface area contributed by atoms with Gasteiger partial charge in [0, 0.05) is 12.5 Å². The summed E-state index contributed by atoms with van der Waals surface area (Å²) in [5.74, 6) is -0.0310. The minimum atomic E-state index is -0.681. The molecule has 2 fully saturated rings. The van der Waals surface area contributed by atoms with Gasteiger partial charge in [-0.25, -0.2) is 0 Å². The summed E-state index contributed by atoms with van der Waals surface area (Å²) in [5, 5.41) is 8.80. The van der Waals surface area contributed by atoms with Gasteiger partial charge in [0.2, 0.25) is 0 Å². The van der Waals surface area contributed by atoms with Crippen LogP contribution in [0.5, 0.6) is 0 Å². The molecule has 2 bridgehead atoms. The first-order valence-electron chi connectivity index (χ1n) is 5.87. The van der Waals surface area contributed by atoms with Crippen LogP contribution in [0, 0.1) is 16.7 Å². The zero-order chi connectivity index (χ0) is 11.3. The average molecular weight is 211 g/mol. The van der Waals surface area contributed by atoms with Crippen molar-refractivity contribution in [2.45, 2.75) is 52.0 Å². The first-order valence-corrected chi connectivity index (χ1v) is 5.87. The van der Waals surface area contributed by atoms with Crippen molar-refractivity contribution < 1.29 is 9.90 Å². The Bertz CT molecular complexity index is 291. The Balaban J connectivity index is 2.17. The first kappa shape index (κ1) is 10.9. The monoisotopic (exact) mass is 211 g/mol. The van der Waals surface area contributed by atoms with Crippen LogP contribution in [0.15, 0.2) is 0 Å². The van der Waals surface area contributed by atoms with E-state index in [0.29, 0.717) is 5.92 Å². The summed E-state index contributed by atoms with van der Waals surface area (Å²) in [4.78, 5) is 10.7. The van der Waals surface area contributed by atoms with E-state index in [1.165, 1.54) is 12.8 Å². The minimum absolute atomic E-state index is 0.158. The van der Waals surface area contributed by atoms with E-state index in [1.54, 1.807) is 0 Å². The van der Waals surface area contributed by atoms with Gasteiger partial charge in [-0.2, -0.15) is 0 Å². The third kappa shape index (κ3) is 1.32. The zero-order valence-corrected chi connectivity index (χ0v) is 9.62. The number of carbonyl (C=O) groups is 1. The van der Waals surface area contributed by atoms with Crippen LogP contribution in [-0.4, -0.2) is 17.1 Å². The van der Waals surface area contributed by atoms with Crippen molar-refractivity contribution in [2.24, 2.45) is 22.5 Å². The number of hydrogen-bond acceptors (Lipinski definition) is 2. The van der Waals surface area contributed by atoms with Crippen molar-refractivity contribution in [3.63, 3.8) is 0 Å². The van der Waals surface area contributed by atoms with Gasteiger partial charge in [0.15, 0.2) is 0 Å². The maximum atomic E-state index is 10.7. The average Bonchev–Trinajstić information content (AvgIpc) is 2.50. The molecule has 0 unspecified atom stereocenters. The lowest BCUT2D eigenvalue weighted by Crippen LogP contribution is -2.42. The lowest BCUT2D eigenvalue weighted by Gasteiger charge is -2.40. The highest BCUT2D eigenvalue weighted by molar-refractivity contribution is 5.66. The summed E-state index contributed by atoms with van der Waals surface area (Å²) >= 11 is 0. The van der Waals surface area contributed by atoms with Gasteiger partial charge in [-0.3, -0.25) is 4.79 Å². The largest absolute Gasteiger partial charge is 0.481 e. The van der Waals surface area contributed by atoms with E-state index in [0.717, 1.165) is 12.8 Å². The van der Waals surface area contributed by atoms with E-state index >= 15 is 0 Å². The van der Waals surface area contributed by atoms with Crippen molar-refractivity contribution in [1.29, 1.82) is 0 Å². The SMILES string of the molecule is C[C@]12CC[C@H](C[C@@H]1N)[C@@]2(C)CCC(=O)O. The number of hydrogen-bond donors (Lipinski definition) is 2. The molecule has 2 rings (SSSR count). The van der Waals surface area contributed by atoms with Gasteiger partial charge >= 0.3 is 5.97 Å². The Labute approximate surface area is 91.0 Å². The third-order valence-electron chi connectivity index (χ3n) is 5.43. The fraction of sp³-hybridized carbons (Fsp3) is 0.917. The van der Waals surface area contributed by atoms with Crippen LogP contribution in [0.1, 0.15) is 46.0 Å². The molecule has 0 amide bonds. The second-order valence-corrected chi connectivity index (χ2v) is 5.81. The summed E-state index contributed by atoms with van der Waals surface area (Å²) in [6.07, 6.45) is 4.58. The van der Waals surface area contributed by atoms with Gasteiger partial charge in [-0.1, -0.05) is 13.8 Å². The molecule has 2 aliphatic carbocycles. The third-order valence-corrected chi connectivity index (χ3v) is 5.43. The molecule has 3 heteroatoms. The lowest BCUT2D eigenvalue weighted by molar-refractivity contribution is -0.138. The van der Waals surface area contributed by atoms with Crippen LogP contribution in [0.2, 0.25) is 0 Å². The summed E-state index contributed by atoms with van der Waals surface area (Å²) in [6.45, 7) is 4.51. The number of fused-ring (bicyclic) bond motifs is 2. The zero-order valence-electron chi connectivity index (χ0n) is 9.62. The normalized spacial score (nSPS) is 48.5. The predicted octanol–water partition coefficient (Wildman–Crippen LogP) is 2.00. The summed E-state index contributed by atoms with van der Waals surface area (Å²) in [6, 6.07) is 0.273. The van der Waals surface area contributed by atoms with Crippen molar-refractivity contribution in [3.8, 4) is 0 Å². The molecule has 0 saturated heterocycles. The fourth-order valence-electron chi connectivity index (χ4n) is 3.95. The molecule has 0 aromatic rings. The van der Waals surface area contributed by atoms with Crippen LogP contribution in [0.4, 0.5) is 0 Å². The molecule has 15 heavy (non-hydrogen) atoms. The highest BCUT2D eigenvalue weighted by atomic mass is 16.4. The van der Waals surface area contributed by atoms with E-state index < -0.39 is 5.97 Å². The maximum Gasteiger partial charge on any atom is 0.303 e. The maximum absolute atomic E-state index is 10.7. The second-order valence-electron chi connectivity index (χ2n) is 5.81. The van der Waals surface area contributed by atoms with E-state index in [1.807, 2.05) is 0 Å². The number of carboxylic acid groups (broad SMARTS) is 1. The van der Waals surface area contributed by atoms with Gasteiger partial charge in [0.05, 0.1) is 0 Å².